The smallest absolute Gasteiger partial charge is 0.260 e. The average Bonchev–Trinajstić information content (AvgIpc) is 2.85. The second-order valence-corrected chi connectivity index (χ2v) is 8.59. The summed E-state index contributed by atoms with van der Waals surface area (Å²) < 4.78 is 39.4. The molecule has 3 rings (SSSR count). The Kier molecular flexibility index (Phi) is 9.42. The highest BCUT2D eigenvalue weighted by atomic mass is 19.2. The fourth-order valence-corrected chi connectivity index (χ4v) is 4.09. The van der Waals surface area contributed by atoms with Crippen LogP contribution in [0.1, 0.15) is 31.7 Å². The van der Waals surface area contributed by atoms with Gasteiger partial charge < -0.3 is 24.2 Å². The van der Waals surface area contributed by atoms with E-state index in [9.17, 15) is 18.4 Å². The molecule has 35 heavy (non-hydrogen) atoms. The highest BCUT2D eigenvalue weighted by Gasteiger charge is 2.24. The molecule has 2 aromatic rings. The van der Waals surface area contributed by atoms with Crippen molar-refractivity contribution in [3.8, 4) is 11.5 Å². The van der Waals surface area contributed by atoms with Crippen LogP contribution in [0.15, 0.2) is 36.4 Å². The van der Waals surface area contributed by atoms with E-state index >= 15 is 0 Å². The molecular formula is C26H33F2N3O4. The Morgan fingerprint density at radius 2 is 1.63 bits per heavy atom. The number of anilines is 1. The van der Waals surface area contributed by atoms with Crippen LogP contribution in [0, 0.1) is 11.6 Å². The third kappa shape index (κ3) is 7.14. The van der Waals surface area contributed by atoms with Crippen LogP contribution in [0.4, 0.5) is 14.5 Å². The van der Waals surface area contributed by atoms with Crippen LogP contribution in [-0.4, -0.2) is 68.6 Å². The number of rotatable bonds is 5. The lowest BCUT2D eigenvalue weighted by Gasteiger charge is -2.31. The van der Waals surface area contributed by atoms with Gasteiger partial charge in [0.25, 0.3) is 5.91 Å². The molecule has 1 aliphatic heterocycles. The number of carbonyl (C=O) groups is 2. The van der Waals surface area contributed by atoms with Crippen molar-refractivity contribution in [1.82, 2.24) is 9.80 Å². The molecule has 0 aliphatic carbocycles. The van der Waals surface area contributed by atoms with Gasteiger partial charge in [-0.15, -0.1) is 0 Å². The van der Waals surface area contributed by atoms with E-state index in [-0.39, 0.29) is 31.4 Å². The van der Waals surface area contributed by atoms with Gasteiger partial charge in [-0.25, -0.2) is 8.78 Å². The van der Waals surface area contributed by atoms with Crippen LogP contribution in [-0.2, 0) is 16.1 Å². The van der Waals surface area contributed by atoms with E-state index < -0.39 is 11.6 Å². The van der Waals surface area contributed by atoms with E-state index in [1.165, 1.54) is 4.90 Å². The molecule has 0 saturated carbocycles. The largest absolute Gasteiger partial charge is 0.497 e. The molecular weight excluding hydrogens is 456 g/mol. The van der Waals surface area contributed by atoms with E-state index in [1.807, 2.05) is 7.05 Å². The molecule has 0 bridgehead atoms. The van der Waals surface area contributed by atoms with Crippen molar-refractivity contribution >= 4 is 17.5 Å². The number of hydrogen-bond acceptors (Lipinski definition) is 5. The van der Waals surface area contributed by atoms with Crippen LogP contribution in [0.5, 0.6) is 11.5 Å². The van der Waals surface area contributed by atoms with Gasteiger partial charge in [0.15, 0.2) is 18.2 Å². The van der Waals surface area contributed by atoms with E-state index in [0.29, 0.717) is 48.7 Å². The Labute approximate surface area is 205 Å². The Balaban J connectivity index is 1.89. The van der Waals surface area contributed by atoms with E-state index in [1.54, 1.807) is 43.2 Å². The summed E-state index contributed by atoms with van der Waals surface area (Å²) >= 11 is 0. The average molecular weight is 490 g/mol. The summed E-state index contributed by atoms with van der Waals surface area (Å²) in [5.74, 6) is -1.43. The number of hydrogen-bond donors (Lipinski definition) is 0. The molecule has 2 aromatic carbocycles. The summed E-state index contributed by atoms with van der Waals surface area (Å²) in [6.07, 6.45) is 1.63. The molecule has 0 N–H and O–H groups in total. The number of amides is 2. The monoisotopic (exact) mass is 489 g/mol. The normalized spacial score (nSPS) is 15.6. The van der Waals surface area contributed by atoms with Crippen molar-refractivity contribution in [3.63, 3.8) is 0 Å². The van der Waals surface area contributed by atoms with Crippen molar-refractivity contribution in [2.75, 3.05) is 51.8 Å². The highest BCUT2D eigenvalue weighted by Crippen LogP contribution is 2.27. The minimum Gasteiger partial charge on any atom is -0.497 e. The molecule has 0 spiro atoms. The van der Waals surface area contributed by atoms with E-state index in [4.69, 9.17) is 9.47 Å². The number of halogens is 2. The minimum absolute atomic E-state index is 0.0318. The van der Waals surface area contributed by atoms with Gasteiger partial charge >= 0.3 is 0 Å². The quantitative estimate of drug-likeness (QED) is 0.639. The molecule has 0 saturated heterocycles. The zero-order valence-electron chi connectivity index (χ0n) is 20.6. The SMILES string of the molecule is CCC(=O)N1CCCN(C)CCCN(C(=O)COc2cccc(OC)c2)Cc2cc(F)c(F)cc21. The summed E-state index contributed by atoms with van der Waals surface area (Å²) in [4.78, 5) is 31.1. The number of fused-ring (bicyclic) bond motifs is 1. The van der Waals surface area contributed by atoms with Gasteiger partial charge in [0, 0.05) is 38.2 Å². The lowest BCUT2D eigenvalue weighted by Crippen LogP contribution is -2.39. The van der Waals surface area contributed by atoms with Crippen molar-refractivity contribution < 1.29 is 27.8 Å². The van der Waals surface area contributed by atoms with Gasteiger partial charge in [-0.2, -0.15) is 0 Å². The van der Waals surface area contributed by atoms with Crippen LogP contribution in [0.2, 0.25) is 0 Å². The maximum absolute atomic E-state index is 14.3. The third-order valence-electron chi connectivity index (χ3n) is 6.02. The van der Waals surface area contributed by atoms with Crippen molar-refractivity contribution in [2.45, 2.75) is 32.7 Å². The maximum atomic E-state index is 14.3. The summed E-state index contributed by atoms with van der Waals surface area (Å²) in [6.45, 7) is 3.82. The zero-order chi connectivity index (χ0) is 25.4. The molecule has 2 amide bonds. The Hall–Kier alpha value is -3.20. The van der Waals surface area contributed by atoms with Gasteiger partial charge in [-0.3, -0.25) is 9.59 Å². The molecule has 0 fully saturated rings. The number of methoxy groups -OCH3 is 1. The Bertz CT molecular complexity index is 1030. The van der Waals surface area contributed by atoms with Crippen LogP contribution >= 0.6 is 0 Å². The van der Waals surface area contributed by atoms with Gasteiger partial charge in [0.05, 0.1) is 12.8 Å². The number of nitrogens with zero attached hydrogens (tertiary/aromatic N) is 3. The van der Waals surface area contributed by atoms with Crippen molar-refractivity contribution in [1.29, 1.82) is 0 Å². The molecule has 0 aromatic heterocycles. The molecule has 9 heteroatoms. The van der Waals surface area contributed by atoms with E-state index in [0.717, 1.165) is 25.2 Å². The second kappa shape index (κ2) is 12.5. The summed E-state index contributed by atoms with van der Waals surface area (Å²) in [7, 11) is 3.53. The van der Waals surface area contributed by atoms with Gasteiger partial charge in [-0.1, -0.05) is 13.0 Å². The topological polar surface area (TPSA) is 62.3 Å². The van der Waals surface area contributed by atoms with Gasteiger partial charge in [0.1, 0.15) is 11.5 Å². The lowest BCUT2D eigenvalue weighted by atomic mass is 10.1. The summed E-state index contributed by atoms with van der Waals surface area (Å²) in [6, 6.07) is 9.08. The summed E-state index contributed by atoms with van der Waals surface area (Å²) in [5.41, 5.74) is 0.680. The summed E-state index contributed by atoms with van der Waals surface area (Å²) in [5, 5.41) is 0. The minimum atomic E-state index is -1.03. The first kappa shape index (κ1) is 26.4. The molecule has 7 nitrogen and oxygen atoms in total. The van der Waals surface area contributed by atoms with Crippen molar-refractivity contribution in [2.24, 2.45) is 0 Å². The van der Waals surface area contributed by atoms with Gasteiger partial charge in [-0.05, 0) is 56.7 Å². The zero-order valence-corrected chi connectivity index (χ0v) is 20.6. The molecule has 1 heterocycles. The second-order valence-electron chi connectivity index (χ2n) is 8.59. The number of benzene rings is 2. The fourth-order valence-electron chi connectivity index (χ4n) is 4.09. The number of carbonyl (C=O) groups excluding carboxylic acids is 2. The first-order chi connectivity index (χ1) is 16.8. The molecule has 0 radical (unpaired) electrons. The fraction of sp³-hybridized carbons (Fsp3) is 0.462. The Morgan fingerprint density at radius 1 is 0.943 bits per heavy atom. The molecule has 0 atom stereocenters. The van der Waals surface area contributed by atoms with E-state index in [2.05, 4.69) is 4.90 Å². The van der Waals surface area contributed by atoms with Gasteiger partial charge in [0.2, 0.25) is 5.91 Å². The van der Waals surface area contributed by atoms with Crippen LogP contribution in [0.25, 0.3) is 0 Å². The van der Waals surface area contributed by atoms with Crippen molar-refractivity contribution in [3.05, 3.63) is 53.6 Å². The molecule has 190 valence electrons. The van der Waals surface area contributed by atoms with Crippen LogP contribution in [0.3, 0.4) is 0 Å². The lowest BCUT2D eigenvalue weighted by molar-refractivity contribution is -0.134. The first-order valence-corrected chi connectivity index (χ1v) is 11.8. The molecule has 1 aliphatic rings. The highest BCUT2D eigenvalue weighted by molar-refractivity contribution is 5.94. The maximum Gasteiger partial charge on any atom is 0.260 e. The third-order valence-corrected chi connectivity index (χ3v) is 6.02. The standard InChI is InChI=1S/C26H33F2N3O4/c1-4-25(32)31-13-7-11-29(2)10-6-12-30(17-19-14-22(27)23(28)16-24(19)31)26(33)18-35-21-9-5-8-20(15-21)34-3/h5,8-9,14-16H,4,6-7,10-13,17-18H2,1-3H3. The Morgan fingerprint density at radius 3 is 2.34 bits per heavy atom. The van der Waals surface area contributed by atoms with Crippen LogP contribution < -0.4 is 14.4 Å². The number of ether oxygens (including phenoxy) is 2. The predicted octanol–water partition coefficient (Wildman–Crippen LogP) is 3.85. The first-order valence-electron chi connectivity index (χ1n) is 11.8. The molecule has 0 unspecified atom stereocenters. The predicted molar refractivity (Wildman–Crippen MR) is 130 cm³/mol.